The summed E-state index contributed by atoms with van der Waals surface area (Å²) in [4.78, 5) is 5.45. The maximum Gasteiger partial charge on any atom is 0.160 e. The summed E-state index contributed by atoms with van der Waals surface area (Å²) in [5.74, 6) is 1.80. The molecule has 0 spiro atoms. The Morgan fingerprint density at radius 3 is 2.62 bits per heavy atom. The normalized spacial score (nSPS) is 17.5. The Balaban J connectivity index is 1.91. The van der Waals surface area contributed by atoms with Gasteiger partial charge in [-0.2, -0.15) is 0 Å². The van der Waals surface area contributed by atoms with Gasteiger partial charge in [-0.1, -0.05) is 6.07 Å². The van der Waals surface area contributed by atoms with E-state index < -0.39 is 0 Å². The molecule has 5 heteroatoms. The topological polar surface area (TPSA) is 44.1 Å². The summed E-state index contributed by atoms with van der Waals surface area (Å²) in [5, 5.41) is 1.86. The molecule has 0 aliphatic carbocycles. The fourth-order valence-corrected chi connectivity index (χ4v) is 2.82. The maximum atomic E-state index is 5.45. The lowest BCUT2D eigenvalue weighted by Gasteiger charge is -2.32. The van der Waals surface area contributed by atoms with Gasteiger partial charge < -0.3 is 13.9 Å². The van der Waals surface area contributed by atoms with E-state index >= 15 is 0 Å². The molecular formula is C16H19NO4. The van der Waals surface area contributed by atoms with E-state index in [4.69, 9.17) is 18.7 Å². The van der Waals surface area contributed by atoms with Crippen molar-refractivity contribution in [2.75, 3.05) is 32.9 Å². The molecule has 3 rings (SSSR count). The van der Waals surface area contributed by atoms with Crippen LogP contribution in [0.15, 0.2) is 35.1 Å². The highest BCUT2D eigenvalue weighted by Gasteiger charge is 2.28. The molecule has 0 saturated carbocycles. The van der Waals surface area contributed by atoms with Gasteiger partial charge in [0.05, 0.1) is 34.1 Å². The summed E-state index contributed by atoms with van der Waals surface area (Å²) < 4.78 is 16.0. The van der Waals surface area contributed by atoms with E-state index in [0.29, 0.717) is 5.92 Å². The van der Waals surface area contributed by atoms with Crippen molar-refractivity contribution in [3.8, 4) is 11.5 Å². The van der Waals surface area contributed by atoms with Crippen molar-refractivity contribution in [1.82, 2.24) is 0 Å². The van der Waals surface area contributed by atoms with E-state index in [1.807, 2.05) is 17.2 Å². The summed E-state index contributed by atoms with van der Waals surface area (Å²) in [6.45, 7) is 0.776. The maximum absolute atomic E-state index is 5.45. The van der Waals surface area contributed by atoms with Crippen molar-refractivity contribution in [3.05, 3.63) is 41.9 Å². The van der Waals surface area contributed by atoms with Crippen molar-refractivity contribution in [2.45, 2.75) is 12.3 Å². The van der Waals surface area contributed by atoms with Gasteiger partial charge in [0, 0.05) is 11.5 Å². The summed E-state index contributed by atoms with van der Waals surface area (Å²) >= 11 is 0. The van der Waals surface area contributed by atoms with Gasteiger partial charge >= 0.3 is 0 Å². The minimum absolute atomic E-state index is 0.315. The fraction of sp³-hybridized carbons (Fsp3) is 0.375. The molecule has 1 aromatic carbocycles. The van der Waals surface area contributed by atoms with Crippen molar-refractivity contribution >= 4 is 5.69 Å². The first-order valence-electron chi connectivity index (χ1n) is 6.85. The van der Waals surface area contributed by atoms with Gasteiger partial charge in [-0.25, -0.2) is 0 Å². The Hall–Kier alpha value is -2.14. The first kappa shape index (κ1) is 13.8. The van der Waals surface area contributed by atoms with Gasteiger partial charge in [-0.3, -0.25) is 9.90 Å². The van der Waals surface area contributed by atoms with E-state index in [1.165, 1.54) is 5.56 Å². The van der Waals surface area contributed by atoms with Crippen LogP contribution in [0.25, 0.3) is 0 Å². The lowest BCUT2D eigenvalue weighted by molar-refractivity contribution is 0.156. The highest BCUT2D eigenvalue weighted by Crippen LogP contribution is 2.38. The molecule has 1 unspecified atom stereocenters. The molecule has 0 bridgehead atoms. The molecule has 0 fully saturated rings. The Labute approximate surface area is 124 Å². The molecular weight excluding hydrogens is 270 g/mol. The van der Waals surface area contributed by atoms with Crippen LogP contribution in [0.4, 0.5) is 5.69 Å². The molecule has 0 radical (unpaired) electrons. The molecule has 1 atom stereocenters. The first-order chi connectivity index (χ1) is 10.3. The standard InChI is InChI=1S/C16H19NO4/c1-18-15-5-4-11(7-16(15)19-2)12-6-13-9-21-10-14(13)17(8-12)20-3/h4-5,7,9-10,12H,6,8H2,1-3H3. The van der Waals surface area contributed by atoms with Gasteiger partial charge in [0.15, 0.2) is 11.5 Å². The molecule has 1 aliphatic rings. The highest BCUT2D eigenvalue weighted by molar-refractivity contribution is 5.53. The zero-order chi connectivity index (χ0) is 14.8. The number of methoxy groups -OCH3 is 2. The second-order valence-corrected chi connectivity index (χ2v) is 5.04. The van der Waals surface area contributed by atoms with Gasteiger partial charge in [0.2, 0.25) is 0 Å². The molecule has 1 aromatic heterocycles. The van der Waals surface area contributed by atoms with E-state index in [0.717, 1.165) is 35.7 Å². The molecule has 112 valence electrons. The molecule has 0 saturated heterocycles. The van der Waals surface area contributed by atoms with Crippen molar-refractivity contribution in [1.29, 1.82) is 0 Å². The smallest absolute Gasteiger partial charge is 0.160 e. The van der Waals surface area contributed by atoms with Crippen molar-refractivity contribution in [3.63, 3.8) is 0 Å². The Morgan fingerprint density at radius 2 is 1.90 bits per heavy atom. The number of hydrogen-bond acceptors (Lipinski definition) is 5. The second-order valence-electron chi connectivity index (χ2n) is 5.04. The average molecular weight is 289 g/mol. The summed E-state index contributed by atoms with van der Waals surface area (Å²) in [6, 6.07) is 6.05. The van der Waals surface area contributed by atoms with Crippen LogP contribution < -0.4 is 14.5 Å². The fourth-order valence-electron chi connectivity index (χ4n) is 2.82. The number of furan rings is 1. The van der Waals surface area contributed by atoms with Gasteiger partial charge in [-0.05, 0) is 24.1 Å². The SMILES string of the molecule is COc1ccc(C2Cc3cocc3N(OC)C2)cc1OC. The van der Waals surface area contributed by atoms with Crippen LogP contribution >= 0.6 is 0 Å². The lowest BCUT2D eigenvalue weighted by atomic mass is 9.89. The second kappa shape index (κ2) is 5.69. The zero-order valence-electron chi connectivity index (χ0n) is 12.5. The Bertz CT molecular complexity index is 622. The molecule has 0 amide bonds. The molecule has 21 heavy (non-hydrogen) atoms. The number of anilines is 1. The number of benzene rings is 1. The molecule has 1 aliphatic heterocycles. The largest absolute Gasteiger partial charge is 0.493 e. The van der Waals surface area contributed by atoms with Crippen LogP contribution in [0, 0.1) is 0 Å². The number of nitrogens with zero attached hydrogens (tertiary/aromatic N) is 1. The number of rotatable bonds is 4. The molecule has 2 heterocycles. The van der Waals surface area contributed by atoms with Gasteiger partial charge in [0.25, 0.3) is 0 Å². The molecule has 0 N–H and O–H groups in total. The van der Waals surface area contributed by atoms with Crippen LogP contribution in [0.3, 0.4) is 0 Å². The van der Waals surface area contributed by atoms with E-state index in [9.17, 15) is 0 Å². The average Bonchev–Trinajstić information content (AvgIpc) is 3.01. The van der Waals surface area contributed by atoms with E-state index in [1.54, 1.807) is 33.9 Å². The number of fused-ring (bicyclic) bond motifs is 1. The predicted molar refractivity (Wildman–Crippen MR) is 79.1 cm³/mol. The quantitative estimate of drug-likeness (QED) is 0.865. The van der Waals surface area contributed by atoms with Crippen LogP contribution in [-0.4, -0.2) is 27.9 Å². The number of hydroxylamine groups is 1. The Morgan fingerprint density at radius 1 is 1.10 bits per heavy atom. The van der Waals surface area contributed by atoms with E-state index in [-0.39, 0.29) is 0 Å². The van der Waals surface area contributed by atoms with Gasteiger partial charge in [0.1, 0.15) is 12.0 Å². The van der Waals surface area contributed by atoms with Gasteiger partial charge in [-0.15, -0.1) is 0 Å². The highest BCUT2D eigenvalue weighted by atomic mass is 16.7. The van der Waals surface area contributed by atoms with Crippen LogP contribution in [0.1, 0.15) is 17.0 Å². The van der Waals surface area contributed by atoms with Crippen LogP contribution in [-0.2, 0) is 11.3 Å². The van der Waals surface area contributed by atoms with Crippen molar-refractivity contribution < 1.29 is 18.7 Å². The van der Waals surface area contributed by atoms with E-state index in [2.05, 4.69) is 6.07 Å². The van der Waals surface area contributed by atoms with Crippen molar-refractivity contribution in [2.24, 2.45) is 0 Å². The lowest BCUT2D eigenvalue weighted by Crippen LogP contribution is -2.32. The summed E-state index contributed by atoms with van der Waals surface area (Å²) in [7, 11) is 4.97. The zero-order valence-corrected chi connectivity index (χ0v) is 12.5. The van der Waals surface area contributed by atoms with Crippen LogP contribution in [0.2, 0.25) is 0 Å². The Kier molecular flexibility index (Phi) is 3.75. The predicted octanol–water partition coefficient (Wildman–Crippen LogP) is 3.00. The minimum Gasteiger partial charge on any atom is -0.493 e. The minimum atomic E-state index is 0.315. The summed E-state index contributed by atoms with van der Waals surface area (Å²) in [5.41, 5.74) is 3.36. The molecule has 2 aromatic rings. The molecule has 5 nitrogen and oxygen atoms in total. The monoisotopic (exact) mass is 289 g/mol. The first-order valence-corrected chi connectivity index (χ1v) is 6.85. The number of hydrogen-bond donors (Lipinski definition) is 0. The number of ether oxygens (including phenoxy) is 2. The summed E-state index contributed by atoms with van der Waals surface area (Å²) in [6.07, 6.45) is 4.43. The third-order valence-corrected chi connectivity index (χ3v) is 3.94. The van der Waals surface area contributed by atoms with Crippen LogP contribution in [0.5, 0.6) is 11.5 Å². The third-order valence-electron chi connectivity index (χ3n) is 3.94. The third kappa shape index (κ3) is 2.45.